The highest BCUT2D eigenvalue weighted by Crippen LogP contribution is 2.13. The van der Waals surface area contributed by atoms with E-state index in [9.17, 15) is 28.8 Å². The molecule has 0 unspecified atom stereocenters. The number of ketones is 1. The average molecular weight is 720 g/mol. The minimum Gasteiger partial charge on any atom is -0.481 e. The van der Waals surface area contributed by atoms with E-state index in [2.05, 4.69) is 10.6 Å². The van der Waals surface area contributed by atoms with Gasteiger partial charge in [0.2, 0.25) is 17.7 Å². The van der Waals surface area contributed by atoms with Gasteiger partial charge in [0.05, 0.1) is 39.6 Å². The van der Waals surface area contributed by atoms with Crippen molar-refractivity contribution in [2.24, 2.45) is 5.73 Å². The van der Waals surface area contributed by atoms with Gasteiger partial charge >= 0.3 is 11.9 Å². The third-order valence-electron chi connectivity index (χ3n) is 7.13. The first-order valence-electron chi connectivity index (χ1n) is 18.2. The van der Waals surface area contributed by atoms with Crippen LogP contribution in [-0.4, -0.2) is 112 Å². The number of aliphatic carboxylic acids is 2. The molecule has 0 spiro atoms. The van der Waals surface area contributed by atoms with E-state index in [1.807, 2.05) is 0 Å². The van der Waals surface area contributed by atoms with Crippen LogP contribution in [0.5, 0.6) is 0 Å². The Kier molecular flexibility index (Phi) is 37.9. The molecule has 3 amide bonds. The monoisotopic (exact) mass is 719 g/mol. The number of carbonyl (C=O) groups excluding carboxylic acids is 4. The Morgan fingerprint density at radius 1 is 0.480 bits per heavy atom. The highest BCUT2D eigenvalue weighted by atomic mass is 16.5. The SMILES string of the molecule is CCC(=O)COCCOCCNC(=O)COCCOCCNC(=O)CCCC(=O)O.NC(=O)CCCCCCCCCCCCCCC(=O)O. The van der Waals surface area contributed by atoms with Crippen LogP contribution in [0.2, 0.25) is 0 Å². The lowest BCUT2D eigenvalue weighted by Gasteiger charge is -2.08. The fourth-order valence-corrected chi connectivity index (χ4v) is 4.30. The van der Waals surface area contributed by atoms with Gasteiger partial charge in [-0.3, -0.25) is 28.8 Å². The van der Waals surface area contributed by atoms with Crippen molar-refractivity contribution in [3.8, 4) is 0 Å². The van der Waals surface area contributed by atoms with Gasteiger partial charge in [-0.05, 0) is 19.3 Å². The molecule has 0 aliphatic rings. The molecule has 0 saturated carbocycles. The number of amides is 3. The number of ether oxygens (including phenoxy) is 4. The maximum absolute atomic E-state index is 11.5. The molecule has 0 saturated heterocycles. The second-order valence-electron chi connectivity index (χ2n) is 11.8. The van der Waals surface area contributed by atoms with E-state index in [1.165, 1.54) is 51.4 Å². The molecule has 6 N–H and O–H groups in total. The molecule has 0 heterocycles. The first-order valence-corrected chi connectivity index (χ1v) is 18.2. The second-order valence-corrected chi connectivity index (χ2v) is 11.8. The Morgan fingerprint density at radius 3 is 1.34 bits per heavy atom. The van der Waals surface area contributed by atoms with Crippen molar-refractivity contribution in [3.63, 3.8) is 0 Å². The summed E-state index contributed by atoms with van der Waals surface area (Å²) < 4.78 is 20.8. The van der Waals surface area contributed by atoms with Crippen molar-refractivity contribution in [1.82, 2.24) is 10.6 Å². The van der Waals surface area contributed by atoms with Gasteiger partial charge in [-0.2, -0.15) is 0 Å². The number of unbranched alkanes of at least 4 members (excludes halogenated alkanes) is 11. The van der Waals surface area contributed by atoms with E-state index in [0.29, 0.717) is 65.2 Å². The lowest BCUT2D eigenvalue weighted by molar-refractivity contribution is -0.138. The van der Waals surface area contributed by atoms with Crippen molar-refractivity contribution >= 4 is 35.4 Å². The van der Waals surface area contributed by atoms with Gasteiger partial charge in [0, 0.05) is 45.2 Å². The fourth-order valence-electron chi connectivity index (χ4n) is 4.30. The molecule has 0 rings (SSSR count). The molecular weight excluding hydrogens is 654 g/mol. The zero-order valence-electron chi connectivity index (χ0n) is 30.4. The molecule has 15 nitrogen and oxygen atoms in total. The summed E-state index contributed by atoms with van der Waals surface area (Å²) in [7, 11) is 0. The summed E-state index contributed by atoms with van der Waals surface area (Å²) in [4.78, 5) is 65.1. The van der Waals surface area contributed by atoms with E-state index in [0.717, 1.165) is 25.7 Å². The van der Waals surface area contributed by atoms with Crippen molar-refractivity contribution < 1.29 is 57.9 Å². The largest absolute Gasteiger partial charge is 0.481 e. The highest BCUT2D eigenvalue weighted by Gasteiger charge is 2.04. The van der Waals surface area contributed by atoms with Crippen molar-refractivity contribution in [3.05, 3.63) is 0 Å². The molecule has 0 aliphatic carbocycles. The molecule has 0 aromatic rings. The number of hydrogen-bond donors (Lipinski definition) is 5. The molecule has 0 bridgehead atoms. The summed E-state index contributed by atoms with van der Waals surface area (Å²) in [5.74, 6) is -2.22. The number of primary amides is 1. The van der Waals surface area contributed by atoms with E-state index in [1.54, 1.807) is 6.92 Å². The van der Waals surface area contributed by atoms with Gasteiger partial charge in [0.25, 0.3) is 0 Å². The topological polar surface area (TPSA) is 230 Å². The molecule has 0 aliphatic heterocycles. The zero-order chi connectivity index (χ0) is 37.5. The van der Waals surface area contributed by atoms with Crippen molar-refractivity contribution in [2.75, 3.05) is 65.9 Å². The maximum Gasteiger partial charge on any atom is 0.303 e. The van der Waals surface area contributed by atoms with Gasteiger partial charge in [-0.1, -0.05) is 71.1 Å². The van der Waals surface area contributed by atoms with Crippen LogP contribution in [-0.2, 0) is 47.7 Å². The number of carboxylic acid groups (broad SMARTS) is 2. The van der Waals surface area contributed by atoms with Crippen LogP contribution in [0.25, 0.3) is 0 Å². The van der Waals surface area contributed by atoms with E-state index in [-0.39, 0.29) is 62.8 Å². The Morgan fingerprint density at radius 2 is 0.880 bits per heavy atom. The number of nitrogens with two attached hydrogens (primary N) is 1. The Labute approximate surface area is 298 Å². The summed E-state index contributed by atoms with van der Waals surface area (Å²) in [6, 6.07) is 0. The predicted octanol–water partition coefficient (Wildman–Crippen LogP) is 3.54. The summed E-state index contributed by atoms with van der Waals surface area (Å²) >= 11 is 0. The minimum absolute atomic E-state index is 0.0287. The number of carbonyl (C=O) groups is 6. The lowest BCUT2D eigenvalue weighted by Crippen LogP contribution is -2.31. The average Bonchev–Trinajstić information content (AvgIpc) is 3.07. The van der Waals surface area contributed by atoms with Crippen LogP contribution in [0, 0.1) is 0 Å². The first-order chi connectivity index (χ1) is 24.1. The Hall–Kier alpha value is -3.14. The highest BCUT2D eigenvalue weighted by molar-refractivity contribution is 5.79. The third kappa shape index (κ3) is 44.9. The number of hydrogen-bond acceptors (Lipinski definition) is 10. The summed E-state index contributed by atoms with van der Waals surface area (Å²) in [5.41, 5.74) is 5.08. The van der Waals surface area contributed by atoms with Crippen molar-refractivity contribution in [1.29, 1.82) is 0 Å². The standard InChI is InChI=1S/C19H34N2O9.C16H31NO3/c1-2-16(22)14-29-12-10-28-9-7-21-18(24)15-30-13-11-27-8-6-20-17(23)4-3-5-19(25)26;17-15(18)13-11-9-7-5-3-1-2-4-6-8-10-12-14-16(19)20/h2-15H2,1H3,(H,20,23)(H,21,24)(H,25,26);1-14H2,(H2,17,18)(H,19,20). The number of carboxylic acids is 2. The molecule has 0 atom stereocenters. The summed E-state index contributed by atoms with van der Waals surface area (Å²) in [6.07, 6.45) is 15.7. The Balaban J connectivity index is 0. The number of rotatable bonds is 36. The molecule has 0 radical (unpaired) electrons. The predicted molar refractivity (Wildman–Crippen MR) is 188 cm³/mol. The second kappa shape index (κ2) is 38.7. The van der Waals surface area contributed by atoms with Crippen LogP contribution in [0.1, 0.15) is 122 Å². The molecular formula is C35H65N3O12. The molecule has 0 aromatic heterocycles. The summed E-state index contributed by atoms with van der Waals surface area (Å²) in [5, 5.41) is 22.2. The van der Waals surface area contributed by atoms with Crippen LogP contribution < -0.4 is 16.4 Å². The van der Waals surface area contributed by atoms with Crippen LogP contribution in [0.3, 0.4) is 0 Å². The lowest BCUT2D eigenvalue weighted by atomic mass is 10.0. The zero-order valence-corrected chi connectivity index (χ0v) is 30.4. The maximum atomic E-state index is 11.5. The number of nitrogens with one attached hydrogen (secondary N) is 2. The number of Topliss-reactive ketones (excluding diaryl/α,β-unsaturated/α-hetero) is 1. The Bertz CT molecular complexity index is 863. The van der Waals surface area contributed by atoms with Crippen LogP contribution in [0.15, 0.2) is 0 Å². The third-order valence-corrected chi connectivity index (χ3v) is 7.13. The summed E-state index contributed by atoms with van der Waals surface area (Å²) in [6.45, 7) is 4.30. The molecule has 50 heavy (non-hydrogen) atoms. The minimum atomic E-state index is -0.920. The van der Waals surface area contributed by atoms with Gasteiger partial charge in [0.1, 0.15) is 13.2 Å². The quantitative estimate of drug-likeness (QED) is 0.0586. The fraction of sp³-hybridized carbons (Fsp3) is 0.829. The van der Waals surface area contributed by atoms with E-state index in [4.69, 9.17) is 34.9 Å². The van der Waals surface area contributed by atoms with Crippen LogP contribution in [0.4, 0.5) is 0 Å². The first kappa shape index (κ1) is 49.0. The van der Waals surface area contributed by atoms with Crippen LogP contribution >= 0.6 is 0 Å². The molecule has 0 fully saturated rings. The van der Waals surface area contributed by atoms with Gasteiger partial charge in [-0.25, -0.2) is 0 Å². The van der Waals surface area contributed by atoms with E-state index < -0.39 is 11.9 Å². The molecule has 15 heteroatoms. The molecule has 292 valence electrons. The normalized spacial score (nSPS) is 10.6. The van der Waals surface area contributed by atoms with Gasteiger partial charge < -0.3 is 45.5 Å². The van der Waals surface area contributed by atoms with E-state index >= 15 is 0 Å². The smallest absolute Gasteiger partial charge is 0.303 e. The van der Waals surface area contributed by atoms with Gasteiger partial charge in [0.15, 0.2) is 5.78 Å². The van der Waals surface area contributed by atoms with Crippen molar-refractivity contribution in [2.45, 2.75) is 122 Å². The van der Waals surface area contributed by atoms with Gasteiger partial charge in [-0.15, -0.1) is 0 Å². The molecule has 0 aromatic carbocycles.